The topological polar surface area (TPSA) is 32.7 Å². The lowest BCUT2D eigenvalue weighted by molar-refractivity contribution is 0.462. The van der Waals surface area contributed by atoms with Crippen LogP contribution in [0, 0.1) is 17.6 Å². The van der Waals surface area contributed by atoms with Gasteiger partial charge in [-0.2, -0.15) is 4.91 Å². The normalized spacial score (nSPS) is 16.0. The fourth-order valence-corrected chi connectivity index (χ4v) is 3.93. The van der Waals surface area contributed by atoms with E-state index in [9.17, 15) is 9.30 Å². The number of hydrogen-bond donors (Lipinski definition) is 0. The van der Waals surface area contributed by atoms with Gasteiger partial charge in [-0.3, -0.25) is 0 Å². The fraction of sp³-hybridized carbons (Fsp3) is 0.273. The smallest absolute Gasteiger partial charge is 0.128 e. The average molecular weight is 429 g/mol. The molecule has 0 saturated heterocycles. The Morgan fingerprint density at radius 3 is 2.67 bits per heavy atom. The molecule has 1 heterocycles. The SMILES string of the molecule is Cc1ccccc1C(CC(N=O)C1=CC=CN(C)C1)c1ccc(Br)cc1F. The molecule has 5 heteroatoms. The van der Waals surface area contributed by atoms with Gasteiger partial charge in [0.15, 0.2) is 0 Å². The Kier molecular flexibility index (Phi) is 6.22. The van der Waals surface area contributed by atoms with E-state index in [-0.39, 0.29) is 11.7 Å². The molecule has 0 amide bonds. The number of allylic oxidation sites excluding steroid dienone is 2. The van der Waals surface area contributed by atoms with Gasteiger partial charge in [0.05, 0.1) is 0 Å². The molecule has 3 rings (SSSR count). The summed E-state index contributed by atoms with van der Waals surface area (Å²) in [5.74, 6) is -0.531. The summed E-state index contributed by atoms with van der Waals surface area (Å²) in [6.45, 7) is 2.66. The summed E-state index contributed by atoms with van der Waals surface area (Å²) in [5, 5.41) is 3.40. The molecule has 2 unspecified atom stereocenters. The summed E-state index contributed by atoms with van der Waals surface area (Å²) in [6, 6.07) is 12.5. The maximum Gasteiger partial charge on any atom is 0.128 e. The standard InChI is InChI=1S/C22H22BrFN2O/c1-15-6-3-4-8-18(15)20(19-10-9-17(23)12-21(19)24)13-22(25-27)16-7-5-11-26(2)14-16/h3-12,20,22H,13-14H2,1-2H3. The van der Waals surface area contributed by atoms with Gasteiger partial charge >= 0.3 is 0 Å². The second-order valence-corrected chi connectivity index (χ2v) is 7.85. The van der Waals surface area contributed by atoms with Gasteiger partial charge < -0.3 is 4.90 Å². The van der Waals surface area contributed by atoms with Gasteiger partial charge in [0.2, 0.25) is 0 Å². The van der Waals surface area contributed by atoms with E-state index in [2.05, 4.69) is 21.1 Å². The van der Waals surface area contributed by atoms with Crippen molar-refractivity contribution in [3.63, 3.8) is 0 Å². The molecule has 0 aromatic heterocycles. The summed E-state index contributed by atoms with van der Waals surface area (Å²) < 4.78 is 15.5. The quantitative estimate of drug-likeness (QED) is 0.533. The first kappa shape index (κ1) is 19.5. The van der Waals surface area contributed by atoms with Crippen molar-refractivity contribution in [2.75, 3.05) is 13.6 Å². The van der Waals surface area contributed by atoms with Crippen LogP contribution in [-0.2, 0) is 0 Å². The zero-order valence-electron chi connectivity index (χ0n) is 15.4. The number of hydrogen-bond acceptors (Lipinski definition) is 3. The summed E-state index contributed by atoms with van der Waals surface area (Å²) in [4.78, 5) is 13.7. The van der Waals surface area contributed by atoms with Crippen LogP contribution < -0.4 is 0 Å². The Morgan fingerprint density at radius 1 is 1.22 bits per heavy atom. The zero-order valence-corrected chi connectivity index (χ0v) is 17.0. The lowest BCUT2D eigenvalue weighted by atomic mass is 9.82. The maximum absolute atomic E-state index is 14.8. The highest BCUT2D eigenvalue weighted by molar-refractivity contribution is 9.10. The number of rotatable bonds is 6. The van der Waals surface area contributed by atoms with Crippen molar-refractivity contribution in [3.8, 4) is 0 Å². The van der Waals surface area contributed by atoms with Crippen molar-refractivity contribution in [1.29, 1.82) is 0 Å². The molecule has 0 N–H and O–H groups in total. The highest BCUT2D eigenvalue weighted by Gasteiger charge is 2.27. The van der Waals surface area contributed by atoms with Crippen LogP contribution in [-0.4, -0.2) is 24.5 Å². The monoisotopic (exact) mass is 428 g/mol. The molecular formula is C22H22BrFN2O. The van der Waals surface area contributed by atoms with E-state index in [1.165, 1.54) is 6.07 Å². The Balaban J connectivity index is 2.02. The first-order valence-corrected chi connectivity index (χ1v) is 9.69. The van der Waals surface area contributed by atoms with Crippen LogP contribution in [0.15, 0.2) is 76.0 Å². The van der Waals surface area contributed by atoms with E-state index in [1.807, 2.05) is 67.6 Å². The first-order valence-electron chi connectivity index (χ1n) is 8.90. The van der Waals surface area contributed by atoms with E-state index in [1.54, 1.807) is 6.07 Å². The minimum absolute atomic E-state index is 0.251. The van der Waals surface area contributed by atoms with Crippen LogP contribution in [0.4, 0.5) is 4.39 Å². The zero-order chi connectivity index (χ0) is 19.4. The van der Waals surface area contributed by atoms with Crippen molar-refractivity contribution in [3.05, 3.63) is 98.3 Å². The summed E-state index contributed by atoms with van der Waals surface area (Å²) in [6.07, 6.45) is 6.25. The lowest BCUT2D eigenvalue weighted by Crippen LogP contribution is -2.25. The molecular weight excluding hydrogens is 407 g/mol. The molecule has 0 spiro atoms. The molecule has 0 radical (unpaired) electrons. The second-order valence-electron chi connectivity index (χ2n) is 6.93. The summed E-state index contributed by atoms with van der Waals surface area (Å²) in [5.41, 5.74) is 3.63. The van der Waals surface area contributed by atoms with E-state index >= 15 is 0 Å². The van der Waals surface area contributed by atoms with Gasteiger partial charge in [-0.15, -0.1) is 0 Å². The van der Waals surface area contributed by atoms with Crippen molar-refractivity contribution in [2.45, 2.75) is 25.3 Å². The maximum atomic E-state index is 14.8. The van der Waals surface area contributed by atoms with Crippen molar-refractivity contribution < 1.29 is 4.39 Å². The van der Waals surface area contributed by atoms with Gasteiger partial charge in [0.25, 0.3) is 0 Å². The third-order valence-electron chi connectivity index (χ3n) is 5.00. The van der Waals surface area contributed by atoms with Crippen LogP contribution >= 0.6 is 15.9 Å². The highest BCUT2D eigenvalue weighted by atomic mass is 79.9. The van der Waals surface area contributed by atoms with Crippen molar-refractivity contribution in [1.82, 2.24) is 4.90 Å². The molecule has 1 aliphatic rings. The van der Waals surface area contributed by atoms with Gasteiger partial charge in [0.1, 0.15) is 11.9 Å². The molecule has 2 aromatic carbocycles. The third-order valence-corrected chi connectivity index (χ3v) is 5.49. The molecule has 140 valence electrons. The van der Waals surface area contributed by atoms with Crippen molar-refractivity contribution >= 4 is 15.9 Å². The summed E-state index contributed by atoms with van der Waals surface area (Å²) in [7, 11) is 1.96. The van der Waals surface area contributed by atoms with Gasteiger partial charge in [0, 0.05) is 24.0 Å². The van der Waals surface area contributed by atoms with E-state index in [0.717, 1.165) is 16.7 Å². The lowest BCUT2D eigenvalue weighted by Gasteiger charge is -2.27. The Labute approximate surface area is 167 Å². The largest absolute Gasteiger partial charge is 0.376 e. The van der Waals surface area contributed by atoms with Gasteiger partial charge in [-0.25, -0.2) is 4.39 Å². The molecule has 0 fully saturated rings. The number of aryl methyl sites for hydroxylation is 1. The highest BCUT2D eigenvalue weighted by Crippen LogP contribution is 2.36. The number of halogens is 2. The van der Waals surface area contributed by atoms with E-state index in [0.29, 0.717) is 23.0 Å². The third kappa shape index (κ3) is 4.53. The van der Waals surface area contributed by atoms with Crippen molar-refractivity contribution in [2.24, 2.45) is 5.18 Å². The van der Waals surface area contributed by atoms with Gasteiger partial charge in [-0.05, 0) is 60.0 Å². The fourth-order valence-electron chi connectivity index (χ4n) is 3.59. The molecule has 27 heavy (non-hydrogen) atoms. The van der Waals surface area contributed by atoms with Crippen LogP contribution in [0.3, 0.4) is 0 Å². The molecule has 0 aliphatic carbocycles. The number of nitrogens with zero attached hydrogens (tertiary/aromatic N) is 2. The second kappa shape index (κ2) is 8.61. The first-order chi connectivity index (χ1) is 13.0. The van der Waals surface area contributed by atoms with E-state index in [4.69, 9.17) is 0 Å². The number of nitroso groups, excluding NO2 is 1. The molecule has 1 aliphatic heterocycles. The molecule has 3 nitrogen and oxygen atoms in total. The molecule has 2 aromatic rings. The Morgan fingerprint density at radius 2 is 2.00 bits per heavy atom. The molecule has 0 saturated carbocycles. The van der Waals surface area contributed by atoms with Gasteiger partial charge in [-0.1, -0.05) is 57.5 Å². The predicted molar refractivity (Wildman–Crippen MR) is 111 cm³/mol. The Bertz CT molecular complexity index is 894. The van der Waals surface area contributed by atoms with Crippen LogP contribution in [0.5, 0.6) is 0 Å². The molecule has 0 bridgehead atoms. The predicted octanol–water partition coefficient (Wildman–Crippen LogP) is 5.94. The minimum atomic E-state index is -0.509. The minimum Gasteiger partial charge on any atom is -0.376 e. The number of likely N-dealkylation sites (N-methyl/N-ethyl adjacent to an activating group) is 1. The van der Waals surface area contributed by atoms with Crippen LogP contribution in [0.2, 0.25) is 0 Å². The molecule has 2 atom stereocenters. The van der Waals surface area contributed by atoms with E-state index < -0.39 is 6.04 Å². The number of benzene rings is 2. The summed E-state index contributed by atoms with van der Waals surface area (Å²) >= 11 is 3.32. The Hall–Kier alpha value is -2.27. The van der Waals surface area contributed by atoms with Crippen LogP contribution in [0.25, 0.3) is 0 Å². The van der Waals surface area contributed by atoms with Crippen LogP contribution in [0.1, 0.15) is 29.0 Å². The average Bonchev–Trinajstić information content (AvgIpc) is 2.64.